The van der Waals surface area contributed by atoms with Crippen LogP contribution in [-0.4, -0.2) is 10.5 Å². The van der Waals surface area contributed by atoms with Crippen LogP contribution >= 0.6 is 0 Å². The second kappa shape index (κ2) is 3.22. The normalized spacial score (nSPS) is 10.4. The molecule has 0 spiro atoms. The van der Waals surface area contributed by atoms with Gasteiger partial charge in [-0.1, -0.05) is 0 Å². The summed E-state index contributed by atoms with van der Waals surface area (Å²) in [5, 5.41) is 11.8. The number of anilines is 1. The SMILES string of the molecule is CC(C)(C#N)Nc1cccnc1. The van der Waals surface area contributed by atoms with Crippen LogP contribution in [0.3, 0.4) is 0 Å². The van der Waals surface area contributed by atoms with E-state index in [9.17, 15) is 0 Å². The van der Waals surface area contributed by atoms with Crippen LogP contribution in [0.25, 0.3) is 0 Å². The van der Waals surface area contributed by atoms with Crippen LogP contribution in [-0.2, 0) is 0 Å². The van der Waals surface area contributed by atoms with Gasteiger partial charge >= 0.3 is 0 Å². The van der Waals surface area contributed by atoms with E-state index in [1.54, 1.807) is 12.4 Å². The van der Waals surface area contributed by atoms with E-state index in [0.29, 0.717) is 0 Å². The topological polar surface area (TPSA) is 48.7 Å². The molecule has 1 aromatic rings. The summed E-state index contributed by atoms with van der Waals surface area (Å²) in [6, 6.07) is 5.86. The molecule has 0 unspecified atom stereocenters. The smallest absolute Gasteiger partial charge is 0.119 e. The molecule has 0 saturated carbocycles. The van der Waals surface area contributed by atoms with E-state index in [4.69, 9.17) is 5.26 Å². The molecule has 1 heterocycles. The standard InChI is InChI=1S/C9H11N3/c1-9(2,7-10)12-8-4-3-5-11-6-8/h3-6,12H,1-2H3. The summed E-state index contributed by atoms with van der Waals surface area (Å²) >= 11 is 0. The van der Waals surface area contributed by atoms with Crippen molar-refractivity contribution >= 4 is 5.69 Å². The van der Waals surface area contributed by atoms with Gasteiger partial charge in [-0.05, 0) is 26.0 Å². The zero-order valence-corrected chi connectivity index (χ0v) is 7.20. The molecule has 0 atom stereocenters. The highest BCUT2D eigenvalue weighted by Crippen LogP contribution is 2.11. The van der Waals surface area contributed by atoms with Crippen molar-refractivity contribution in [2.75, 3.05) is 5.32 Å². The molecule has 0 fully saturated rings. The highest BCUT2D eigenvalue weighted by Gasteiger charge is 2.14. The average Bonchev–Trinajstić information content (AvgIpc) is 2.06. The Labute approximate surface area is 72.1 Å². The maximum Gasteiger partial charge on any atom is 0.119 e. The fraction of sp³-hybridized carbons (Fsp3) is 0.333. The number of rotatable bonds is 2. The largest absolute Gasteiger partial charge is 0.367 e. The molecule has 0 aromatic carbocycles. The van der Waals surface area contributed by atoms with E-state index in [2.05, 4.69) is 16.4 Å². The van der Waals surface area contributed by atoms with Gasteiger partial charge in [0.1, 0.15) is 5.54 Å². The Balaban J connectivity index is 2.72. The van der Waals surface area contributed by atoms with Crippen molar-refractivity contribution in [1.82, 2.24) is 4.98 Å². The van der Waals surface area contributed by atoms with E-state index in [1.165, 1.54) is 0 Å². The minimum Gasteiger partial charge on any atom is -0.367 e. The summed E-state index contributed by atoms with van der Waals surface area (Å²) < 4.78 is 0. The highest BCUT2D eigenvalue weighted by molar-refractivity contribution is 5.44. The van der Waals surface area contributed by atoms with E-state index in [0.717, 1.165) is 5.69 Å². The summed E-state index contributed by atoms with van der Waals surface area (Å²) in [6.45, 7) is 3.64. The fourth-order valence-corrected chi connectivity index (χ4v) is 0.825. The molecule has 3 nitrogen and oxygen atoms in total. The van der Waals surface area contributed by atoms with Gasteiger partial charge in [-0.15, -0.1) is 0 Å². The van der Waals surface area contributed by atoms with Crippen LogP contribution < -0.4 is 5.32 Å². The maximum atomic E-state index is 8.72. The maximum absolute atomic E-state index is 8.72. The quantitative estimate of drug-likeness (QED) is 0.719. The van der Waals surface area contributed by atoms with E-state index in [-0.39, 0.29) is 0 Å². The number of aromatic nitrogens is 1. The lowest BCUT2D eigenvalue weighted by Gasteiger charge is -2.18. The van der Waals surface area contributed by atoms with Crippen LogP contribution in [0.1, 0.15) is 13.8 Å². The van der Waals surface area contributed by atoms with Crippen molar-refractivity contribution in [3.63, 3.8) is 0 Å². The first kappa shape index (κ1) is 8.54. The number of nitrogens with one attached hydrogen (secondary N) is 1. The molecule has 0 bridgehead atoms. The average molecular weight is 161 g/mol. The van der Waals surface area contributed by atoms with Crippen molar-refractivity contribution in [1.29, 1.82) is 5.26 Å². The molecule has 12 heavy (non-hydrogen) atoms. The lowest BCUT2D eigenvalue weighted by Crippen LogP contribution is -2.28. The third kappa shape index (κ3) is 2.24. The van der Waals surface area contributed by atoms with Gasteiger partial charge in [0.05, 0.1) is 11.8 Å². The molecule has 0 aliphatic carbocycles. The second-order valence-corrected chi connectivity index (χ2v) is 3.10. The Morgan fingerprint density at radius 3 is 2.83 bits per heavy atom. The number of pyridine rings is 1. The van der Waals surface area contributed by atoms with Gasteiger partial charge in [0.15, 0.2) is 0 Å². The summed E-state index contributed by atoms with van der Waals surface area (Å²) in [5.74, 6) is 0. The molecule has 0 aliphatic rings. The molecular weight excluding hydrogens is 150 g/mol. The zero-order valence-electron chi connectivity index (χ0n) is 7.20. The van der Waals surface area contributed by atoms with Gasteiger partial charge in [-0.25, -0.2) is 0 Å². The molecule has 62 valence electrons. The van der Waals surface area contributed by atoms with Gasteiger partial charge in [0.25, 0.3) is 0 Å². The molecule has 0 aliphatic heterocycles. The molecule has 0 amide bonds. The molecule has 0 radical (unpaired) electrons. The number of nitriles is 1. The van der Waals surface area contributed by atoms with Gasteiger partial charge in [-0.3, -0.25) is 4.98 Å². The summed E-state index contributed by atoms with van der Waals surface area (Å²) in [5.41, 5.74) is 0.326. The first-order valence-corrected chi connectivity index (χ1v) is 3.73. The van der Waals surface area contributed by atoms with E-state index < -0.39 is 5.54 Å². The Hall–Kier alpha value is -1.56. The molecular formula is C9H11N3. The second-order valence-electron chi connectivity index (χ2n) is 3.10. The van der Waals surface area contributed by atoms with Crippen molar-refractivity contribution < 1.29 is 0 Å². The van der Waals surface area contributed by atoms with Crippen molar-refractivity contribution in [2.24, 2.45) is 0 Å². The molecule has 3 heteroatoms. The Morgan fingerprint density at radius 2 is 2.33 bits per heavy atom. The summed E-state index contributed by atoms with van der Waals surface area (Å²) in [7, 11) is 0. The lowest BCUT2D eigenvalue weighted by atomic mass is 10.1. The van der Waals surface area contributed by atoms with Crippen molar-refractivity contribution in [3.05, 3.63) is 24.5 Å². The Bertz CT molecular complexity index is 284. The van der Waals surface area contributed by atoms with Crippen molar-refractivity contribution in [2.45, 2.75) is 19.4 Å². The highest BCUT2D eigenvalue weighted by atomic mass is 15.0. The van der Waals surface area contributed by atoms with Crippen LogP contribution in [0.15, 0.2) is 24.5 Å². The fourth-order valence-electron chi connectivity index (χ4n) is 0.825. The number of nitrogens with zero attached hydrogens (tertiary/aromatic N) is 2. The third-order valence-corrected chi connectivity index (χ3v) is 1.40. The van der Waals surface area contributed by atoms with Crippen LogP contribution in [0, 0.1) is 11.3 Å². The van der Waals surface area contributed by atoms with Gasteiger partial charge in [0, 0.05) is 12.4 Å². The summed E-state index contributed by atoms with van der Waals surface area (Å²) in [6.07, 6.45) is 3.39. The van der Waals surface area contributed by atoms with E-state index in [1.807, 2.05) is 26.0 Å². The molecule has 0 saturated heterocycles. The molecule has 1 N–H and O–H groups in total. The van der Waals surface area contributed by atoms with E-state index >= 15 is 0 Å². The Morgan fingerprint density at radius 1 is 1.58 bits per heavy atom. The lowest BCUT2D eigenvalue weighted by molar-refractivity contribution is 0.728. The minimum atomic E-state index is -0.539. The summed E-state index contributed by atoms with van der Waals surface area (Å²) in [4.78, 5) is 3.93. The molecule has 1 rings (SSSR count). The van der Waals surface area contributed by atoms with Crippen molar-refractivity contribution in [3.8, 4) is 6.07 Å². The van der Waals surface area contributed by atoms with Gasteiger partial charge in [0.2, 0.25) is 0 Å². The zero-order chi connectivity index (χ0) is 9.03. The van der Waals surface area contributed by atoms with Crippen LogP contribution in [0.5, 0.6) is 0 Å². The predicted octanol–water partition coefficient (Wildman–Crippen LogP) is 1.80. The van der Waals surface area contributed by atoms with Crippen LogP contribution in [0.2, 0.25) is 0 Å². The minimum absolute atomic E-state index is 0.539. The van der Waals surface area contributed by atoms with Crippen LogP contribution in [0.4, 0.5) is 5.69 Å². The number of hydrogen-bond acceptors (Lipinski definition) is 3. The first-order chi connectivity index (χ1) is 5.64. The monoisotopic (exact) mass is 161 g/mol. The Kier molecular flexibility index (Phi) is 2.29. The predicted molar refractivity (Wildman–Crippen MR) is 47.6 cm³/mol. The van der Waals surface area contributed by atoms with Gasteiger partial charge in [-0.2, -0.15) is 5.26 Å². The number of hydrogen-bond donors (Lipinski definition) is 1. The first-order valence-electron chi connectivity index (χ1n) is 3.73. The third-order valence-electron chi connectivity index (χ3n) is 1.40. The molecule has 1 aromatic heterocycles. The van der Waals surface area contributed by atoms with Gasteiger partial charge < -0.3 is 5.32 Å².